The number of carbonyl (C=O) groups excluding carboxylic acids is 2. The molecule has 0 saturated carbocycles. The Balaban J connectivity index is 2.83. The highest BCUT2D eigenvalue weighted by Crippen LogP contribution is 2.20. The summed E-state index contributed by atoms with van der Waals surface area (Å²) in [5.41, 5.74) is 1.06. The van der Waals surface area contributed by atoms with Gasteiger partial charge in [0, 0.05) is 7.05 Å². The van der Waals surface area contributed by atoms with E-state index in [9.17, 15) is 9.59 Å². The summed E-state index contributed by atoms with van der Waals surface area (Å²) in [5, 5.41) is 7.61. The summed E-state index contributed by atoms with van der Waals surface area (Å²) < 4.78 is 2.40. The maximum absolute atomic E-state index is 11.1. The van der Waals surface area contributed by atoms with Crippen LogP contribution in [0, 0.1) is 0 Å². The molecule has 0 aliphatic rings. The third-order valence-electron chi connectivity index (χ3n) is 1.74. The molecule has 1 rings (SSSR count). The summed E-state index contributed by atoms with van der Waals surface area (Å²) in [6.45, 7) is 0. The van der Waals surface area contributed by atoms with Crippen molar-refractivity contribution in [3.05, 3.63) is 24.3 Å². The molecule has 0 aliphatic carbocycles. The smallest absolute Gasteiger partial charge is 0.328 e. The number of benzene rings is 1. The number of nitrogens with one attached hydrogen (secondary N) is 4. The summed E-state index contributed by atoms with van der Waals surface area (Å²) in [4.78, 5) is 22.3. The molecule has 0 heterocycles. The minimum Gasteiger partial charge on any atom is -0.341 e. The molecule has 0 radical (unpaired) electrons. The lowest BCUT2D eigenvalue weighted by molar-refractivity contribution is 0.253. The standard InChI is InChI=1S/C9H11IN4O2/c1-11-8(15)12-6-4-2-3-5-7(6)13-9(16)14-10/h2-5H,1H3,(H2,11,12,15)(H2,13,14,16). The van der Waals surface area contributed by atoms with Gasteiger partial charge in [-0.3, -0.25) is 3.53 Å². The first-order valence-corrected chi connectivity index (χ1v) is 5.50. The number of anilines is 2. The van der Waals surface area contributed by atoms with E-state index in [4.69, 9.17) is 0 Å². The Morgan fingerprint density at radius 2 is 1.56 bits per heavy atom. The van der Waals surface area contributed by atoms with Crippen LogP contribution in [0.3, 0.4) is 0 Å². The fourth-order valence-electron chi connectivity index (χ4n) is 1.03. The molecule has 6 nitrogen and oxygen atoms in total. The molecule has 0 aliphatic heterocycles. The van der Waals surface area contributed by atoms with Gasteiger partial charge in [-0.15, -0.1) is 0 Å². The highest BCUT2D eigenvalue weighted by Gasteiger charge is 2.06. The third-order valence-corrected chi connectivity index (χ3v) is 2.23. The Morgan fingerprint density at radius 1 is 1.06 bits per heavy atom. The van der Waals surface area contributed by atoms with E-state index in [1.54, 1.807) is 47.1 Å². The molecule has 0 unspecified atom stereocenters. The van der Waals surface area contributed by atoms with Gasteiger partial charge >= 0.3 is 12.1 Å². The number of amides is 4. The van der Waals surface area contributed by atoms with Crippen LogP contribution in [0.2, 0.25) is 0 Å². The van der Waals surface area contributed by atoms with Crippen LogP contribution in [0.25, 0.3) is 0 Å². The predicted molar refractivity (Wildman–Crippen MR) is 70.7 cm³/mol. The van der Waals surface area contributed by atoms with Crippen LogP contribution < -0.4 is 19.5 Å². The Hall–Kier alpha value is -1.51. The summed E-state index contributed by atoms with van der Waals surface area (Å²) in [6.07, 6.45) is 0. The molecule has 86 valence electrons. The molecule has 0 aromatic heterocycles. The van der Waals surface area contributed by atoms with E-state index in [-0.39, 0.29) is 12.1 Å². The van der Waals surface area contributed by atoms with Gasteiger partial charge in [0.2, 0.25) is 0 Å². The fourth-order valence-corrected chi connectivity index (χ4v) is 1.17. The number of halogens is 1. The normalized spacial score (nSPS) is 9.12. The van der Waals surface area contributed by atoms with Gasteiger partial charge in [0.25, 0.3) is 0 Å². The van der Waals surface area contributed by atoms with Crippen LogP contribution in [0.4, 0.5) is 21.0 Å². The Labute approximate surface area is 107 Å². The number of hydrogen-bond donors (Lipinski definition) is 4. The highest BCUT2D eigenvalue weighted by atomic mass is 127. The van der Waals surface area contributed by atoms with Gasteiger partial charge in [-0.05, 0) is 12.1 Å². The SMILES string of the molecule is CNC(=O)Nc1ccccc1NC(=O)NI. The van der Waals surface area contributed by atoms with E-state index >= 15 is 0 Å². The van der Waals surface area contributed by atoms with Gasteiger partial charge in [-0.1, -0.05) is 12.1 Å². The van der Waals surface area contributed by atoms with Crippen molar-refractivity contribution >= 4 is 46.3 Å². The van der Waals surface area contributed by atoms with Crippen molar-refractivity contribution in [2.24, 2.45) is 0 Å². The van der Waals surface area contributed by atoms with E-state index in [1.807, 2.05) is 0 Å². The van der Waals surface area contributed by atoms with Crippen molar-refractivity contribution in [2.75, 3.05) is 17.7 Å². The number of para-hydroxylation sites is 2. The third kappa shape index (κ3) is 3.57. The molecular formula is C9H11IN4O2. The molecule has 0 atom stereocenters. The zero-order valence-corrected chi connectivity index (χ0v) is 10.7. The number of hydrogen-bond acceptors (Lipinski definition) is 2. The van der Waals surface area contributed by atoms with Crippen LogP contribution in [0.5, 0.6) is 0 Å². The first-order valence-electron chi connectivity index (χ1n) is 4.42. The molecule has 7 heteroatoms. The van der Waals surface area contributed by atoms with Gasteiger partial charge in [-0.2, -0.15) is 0 Å². The maximum Gasteiger partial charge on any atom is 0.328 e. The van der Waals surface area contributed by atoms with Crippen LogP contribution in [0.15, 0.2) is 24.3 Å². The molecule has 0 saturated heterocycles. The van der Waals surface area contributed by atoms with Crippen molar-refractivity contribution in [1.29, 1.82) is 0 Å². The maximum atomic E-state index is 11.1. The van der Waals surface area contributed by atoms with Crippen LogP contribution in [-0.2, 0) is 0 Å². The molecule has 16 heavy (non-hydrogen) atoms. The molecule has 1 aromatic carbocycles. The Bertz CT molecular complexity index is 360. The molecule has 0 bridgehead atoms. The second-order valence-corrected chi connectivity index (χ2v) is 3.34. The van der Waals surface area contributed by atoms with Gasteiger partial charge in [-0.25, -0.2) is 9.59 Å². The first kappa shape index (κ1) is 12.6. The predicted octanol–water partition coefficient (Wildman–Crippen LogP) is 1.91. The Morgan fingerprint density at radius 3 is 2.00 bits per heavy atom. The molecule has 4 N–H and O–H groups in total. The number of rotatable bonds is 2. The van der Waals surface area contributed by atoms with Crippen molar-refractivity contribution in [1.82, 2.24) is 8.85 Å². The summed E-state index contributed by atoms with van der Waals surface area (Å²) in [5.74, 6) is 0. The quantitative estimate of drug-likeness (QED) is 0.492. The van der Waals surface area contributed by atoms with Gasteiger partial charge in [0.15, 0.2) is 0 Å². The van der Waals surface area contributed by atoms with Crippen LogP contribution >= 0.6 is 22.9 Å². The number of carbonyl (C=O) groups is 2. The van der Waals surface area contributed by atoms with Gasteiger partial charge in [0.1, 0.15) is 0 Å². The lowest BCUT2D eigenvalue weighted by Gasteiger charge is -2.10. The molecule has 4 amide bonds. The summed E-state index contributed by atoms with van der Waals surface area (Å²) in [7, 11) is 1.52. The van der Waals surface area contributed by atoms with Crippen molar-refractivity contribution in [3.8, 4) is 0 Å². The van der Waals surface area contributed by atoms with E-state index in [2.05, 4.69) is 19.5 Å². The van der Waals surface area contributed by atoms with Crippen LogP contribution in [-0.4, -0.2) is 19.1 Å². The monoisotopic (exact) mass is 334 g/mol. The van der Waals surface area contributed by atoms with Crippen molar-refractivity contribution in [3.63, 3.8) is 0 Å². The lowest BCUT2D eigenvalue weighted by Crippen LogP contribution is -2.26. The van der Waals surface area contributed by atoms with Gasteiger partial charge < -0.3 is 16.0 Å². The fraction of sp³-hybridized carbons (Fsp3) is 0.111. The first-order chi connectivity index (χ1) is 7.67. The average molecular weight is 334 g/mol. The molecule has 1 aromatic rings. The average Bonchev–Trinajstić information content (AvgIpc) is 2.31. The Kier molecular flexibility index (Phi) is 4.83. The topological polar surface area (TPSA) is 82.3 Å². The van der Waals surface area contributed by atoms with E-state index in [1.165, 1.54) is 7.05 Å². The second-order valence-electron chi connectivity index (χ2n) is 2.80. The zero-order valence-electron chi connectivity index (χ0n) is 8.50. The van der Waals surface area contributed by atoms with E-state index in [0.717, 1.165) is 0 Å². The summed E-state index contributed by atoms with van der Waals surface area (Å²) in [6, 6.07) is 6.21. The molecule has 0 fully saturated rings. The number of urea groups is 2. The zero-order chi connectivity index (χ0) is 12.0. The van der Waals surface area contributed by atoms with Crippen molar-refractivity contribution in [2.45, 2.75) is 0 Å². The van der Waals surface area contributed by atoms with Gasteiger partial charge in [0.05, 0.1) is 34.2 Å². The van der Waals surface area contributed by atoms with Crippen LogP contribution in [0.1, 0.15) is 0 Å². The molecular weight excluding hydrogens is 323 g/mol. The van der Waals surface area contributed by atoms with Crippen molar-refractivity contribution < 1.29 is 9.59 Å². The minimum absolute atomic E-state index is 0.343. The summed E-state index contributed by atoms with van der Waals surface area (Å²) >= 11 is 1.72. The highest BCUT2D eigenvalue weighted by molar-refractivity contribution is 14.1. The van der Waals surface area contributed by atoms with E-state index in [0.29, 0.717) is 11.4 Å². The minimum atomic E-state index is -0.355. The largest absolute Gasteiger partial charge is 0.341 e. The lowest BCUT2D eigenvalue weighted by atomic mass is 10.2. The van der Waals surface area contributed by atoms with E-state index < -0.39 is 0 Å². The second kappa shape index (κ2) is 6.16. The molecule has 0 spiro atoms.